The highest BCUT2D eigenvalue weighted by molar-refractivity contribution is 6.02. The smallest absolute Gasteiger partial charge is 0.353 e. The van der Waals surface area contributed by atoms with Crippen LogP contribution in [0.5, 0.6) is 0 Å². The van der Waals surface area contributed by atoms with Gasteiger partial charge in [0.1, 0.15) is 17.3 Å². The number of benzene rings is 2. The lowest BCUT2D eigenvalue weighted by molar-refractivity contribution is -0.204. The summed E-state index contributed by atoms with van der Waals surface area (Å²) in [6.45, 7) is 0.843. The third kappa shape index (κ3) is 6.49. The summed E-state index contributed by atoms with van der Waals surface area (Å²) in [6, 6.07) is 7.57. The lowest BCUT2D eigenvalue weighted by Gasteiger charge is -2.30. The second-order valence-corrected chi connectivity index (χ2v) is 8.89. The minimum atomic E-state index is -5.30. The maximum atomic E-state index is 14.8. The van der Waals surface area contributed by atoms with Crippen molar-refractivity contribution in [2.75, 3.05) is 37.4 Å². The van der Waals surface area contributed by atoms with Gasteiger partial charge < -0.3 is 20.4 Å². The molecule has 3 aromatic rings. The molecule has 0 saturated carbocycles. The van der Waals surface area contributed by atoms with Gasteiger partial charge in [0.05, 0.1) is 12.2 Å². The first-order chi connectivity index (χ1) is 19.4. The maximum absolute atomic E-state index is 14.8. The van der Waals surface area contributed by atoms with Crippen molar-refractivity contribution in [1.29, 1.82) is 0 Å². The Balaban J connectivity index is 1.73. The highest BCUT2D eigenvalue weighted by Gasteiger charge is 2.42. The van der Waals surface area contributed by atoms with Crippen LogP contribution < -0.4 is 21.0 Å². The normalized spacial score (nSPS) is 13.0. The number of hydrogen-bond acceptors (Lipinski definition) is 8. The Morgan fingerprint density at radius 1 is 1.07 bits per heavy atom. The van der Waals surface area contributed by atoms with Crippen LogP contribution in [0, 0.1) is 11.6 Å². The number of para-hydroxylation sites is 1. The van der Waals surface area contributed by atoms with E-state index in [0.717, 1.165) is 23.1 Å². The van der Waals surface area contributed by atoms with Gasteiger partial charge in [0.15, 0.2) is 5.82 Å². The maximum Gasteiger partial charge on any atom is 0.493 e. The average molecular weight is 579 g/mol. The Morgan fingerprint density at radius 2 is 1.73 bits per heavy atom. The minimum Gasteiger partial charge on any atom is -0.353 e. The van der Waals surface area contributed by atoms with Crippen molar-refractivity contribution in [3.63, 3.8) is 0 Å². The van der Waals surface area contributed by atoms with Gasteiger partial charge in [-0.15, -0.1) is 0 Å². The molecule has 0 fully saturated rings. The predicted octanol–water partition coefficient (Wildman–Crippen LogP) is 3.51. The number of hydrogen-bond donors (Lipinski definition) is 3. The molecule has 2 aromatic carbocycles. The summed E-state index contributed by atoms with van der Waals surface area (Å²) in [4.78, 5) is 51.2. The number of hydroxylamine groups is 1. The van der Waals surface area contributed by atoms with Gasteiger partial charge in [0.25, 0.3) is 5.91 Å². The average Bonchev–Trinajstić information content (AvgIpc) is 2.91. The molecule has 0 bridgehead atoms. The Bertz CT molecular complexity index is 1460. The van der Waals surface area contributed by atoms with Crippen LogP contribution in [0.3, 0.4) is 0 Å². The van der Waals surface area contributed by atoms with E-state index in [1.54, 1.807) is 0 Å². The number of carbonyl (C=O) groups is 3. The molecular weight excluding hydrogens is 557 g/mol. The van der Waals surface area contributed by atoms with Crippen LogP contribution >= 0.6 is 0 Å². The number of amides is 3. The Kier molecular flexibility index (Phi) is 8.32. The first-order valence-electron chi connectivity index (χ1n) is 11.9. The van der Waals surface area contributed by atoms with E-state index in [9.17, 15) is 36.3 Å². The lowest BCUT2D eigenvalue weighted by atomic mass is 10.0. The molecule has 4 rings (SSSR count). The van der Waals surface area contributed by atoms with E-state index < -0.39 is 41.4 Å². The summed E-state index contributed by atoms with van der Waals surface area (Å²) in [5, 5.41) is 5.55. The number of carbonyl (C=O) groups excluding carboxylic acids is 3. The summed E-state index contributed by atoms with van der Waals surface area (Å²) in [7, 11) is 3.69. The first-order valence-corrected chi connectivity index (χ1v) is 11.9. The third-order valence-electron chi connectivity index (χ3n) is 5.71. The van der Waals surface area contributed by atoms with Crippen molar-refractivity contribution in [3.8, 4) is 11.3 Å². The van der Waals surface area contributed by atoms with Crippen molar-refractivity contribution >= 4 is 35.4 Å². The lowest BCUT2D eigenvalue weighted by Crippen LogP contribution is -2.43. The number of halogens is 5. The van der Waals surface area contributed by atoms with E-state index in [2.05, 4.69) is 25.4 Å². The molecule has 0 unspecified atom stereocenters. The fourth-order valence-corrected chi connectivity index (χ4v) is 3.77. The molecule has 41 heavy (non-hydrogen) atoms. The Morgan fingerprint density at radius 3 is 2.34 bits per heavy atom. The molecular formula is C25H22F5N7O4. The van der Waals surface area contributed by atoms with Crippen LogP contribution in [-0.4, -0.2) is 66.1 Å². The van der Waals surface area contributed by atoms with Gasteiger partial charge in [-0.25, -0.2) is 28.3 Å². The molecule has 3 N–H and O–H groups in total. The minimum absolute atomic E-state index is 0.0398. The van der Waals surface area contributed by atoms with Gasteiger partial charge in [0.2, 0.25) is 5.95 Å². The number of urea groups is 1. The van der Waals surface area contributed by atoms with Gasteiger partial charge in [-0.2, -0.15) is 23.6 Å². The van der Waals surface area contributed by atoms with Gasteiger partial charge in [-0.3, -0.25) is 4.79 Å². The highest BCUT2D eigenvalue weighted by atomic mass is 19.4. The van der Waals surface area contributed by atoms with E-state index in [-0.39, 0.29) is 29.6 Å². The predicted molar refractivity (Wildman–Crippen MR) is 135 cm³/mol. The third-order valence-corrected chi connectivity index (χ3v) is 5.71. The monoisotopic (exact) mass is 579 g/mol. The molecule has 1 aliphatic rings. The van der Waals surface area contributed by atoms with Crippen molar-refractivity contribution in [2.45, 2.75) is 12.7 Å². The number of likely N-dealkylation sites (N-methyl/N-ethyl adjacent to an activating group) is 1. The summed E-state index contributed by atoms with van der Waals surface area (Å²) in [5.74, 6) is -5.77. The number of alkyl halides is 3. The van der Waals surface area contributed by atoms with Crippen molar-refractivity contribution in [3.05, 3.63) is 65.2 Å². The van der Waals surface area contributed by atoms with Crippen LogP contribution in [0.1, 0.15) is 15.9 Å². The molecule has 1 aliphatic heterocycles. The summed E-state index contributed by atoms with van der Waals surface area (Å²) >= 11 is 0. The quantitative estimate of drug-likeness (QED) is 0.287. The molecule has 0 aliphatic carbocycles. The number of anilines is 3. The fraction of sp³-hybridized carbons (Fsp3) is 0.240. The number of fused-ring (bicyclic) bond motifs is 1. The van der Waals surface area contributed by atoms with Crippen LogP contribution in [0.2, 0.25) is 0 Å². The van der Waals surface area contributed by atoms with E-state index >= 15 is 0 Å². The molecule has 0 atom stereocenters. The van der Waals surface area contributed by atoms with Crippen LogP contribution in [0.4, 0.5) is 44.2 Å². The zero-order valence-electron chi connectivity index (χ0n) is 21.5. The molecule has 11 nitrogen and oxygen atoms in total. The van der Waals surface area contributed by atoms with Gasteiger partial charge in [-0.1, -0.05) is 18.2 Å². The molecule has 0 spiro atoms. The molecule has 0 saturated heterocycles. The largest absolute Gasteiger partial charge is 0.493 e. The second kappa shape index (κ2) is 11.7. The van der Waals surface area contributed by atoms with Crippen molar-refractivity contribution in [1.82, 2.24) is 25.7 Å². The molecule has 0 radical (unpaired) electrons. The molecule has 2 heterocycles. The number of nitrogens with zero attached hydrogens (tertiary/aromatic N) is 4. The molecule has 1 aromatic heterocycles. The Hall–Kier alpha value is -4.86. The summed E-state index contributed by atoms with van der Waals surface area (Å²) in [6.07, 6.45) is -5.30. The number of nitrogens with one attached hydrogen (secondary N) is 3. The van der Waals surface area contributed by atoms with E-state index in [1.807, 2.05) is 19.0 Å². The molecule has 216 valence electrons. The van der Waals surface area contributed by atoms with Crippen molar-refractivity contribution < 1.29 is 41.2 Å². The topological polar surface area (TPSA) is 129 Å². The zero-order chi connectivity index (χ0) is 29.9. The highest BCUT2D eigenvalue weighted by Crippen LogP contribution is 2.38. The molecule has 3 amide bonds. The second-order valence-electron chi connectivity index (χ2n) is 8.89. The fourth-order valence-electron chi connectivity index (χ4n) is 3.77. The first kappa shape index (κ1) is 29.1. The van der Waals surface area contributed by atoms with Crippen LogP contribution in [-0.2, 0) is 16.2 Å². The van der Waals surface area contributed by atoms with Crippen LogP contribution in [0.25, 0.3) is 11.3 Å². The Labute approximate surface area is 229 Å². The summed E-state index contributed by atoms with van der Waals surface area (Å²) < 4.78 is 66.5. The van der Waals surface area contributed by atoms with Crippen molar-refractivity contribution in [2.24, 2.45) is 0 Å². The van der Waals surface area contributed by atoms with E-state index in [4.69, 9.17) is 0 Å². The van der Waals surface area contributed by atoms with Gasteiger partial charge in [-0.05, 0) is 38.4 Å². The standard InChI is InChI=1S/C25H22F5N7O4/c1-36(2)11-10-31-23-33-18(13-6-8-14(9-7-13)21(38)35-41-22(39)25(28,29)30)15-12-32-24(40)37(20(15)34-23)19-16(26)4-3-5-17(19)27/h3-9H,10-12H2,1-2H3,(H,32,40)(H,35,38)(H,31,33,34). The zero-order valence-corrected chi connectivity index (χ0v) is 21.5. The SMILES string of the molecule is CN(C)CCNc1nc(-c2ccc(C(=O)NOC(=O)C(F)(F)F)cc2)c2c(n1)N(c1c(F)cccc1F)C(=O)NC2. The number of rotatable bonds is 7. The van der Waals surface area contributed by atoms with Gasteiger partial charge in [0, 0.05) is 29.8 Å². The van der Waals surface area contributed by atoms with Crippen LogP contribution in [0.15, 0.2) is 42.5 Å². The summed E-state index contributed by atoms with van der Waals surface area (Å²) in [5.41, 5.74) is 1.52. The van der Waals surface area contributed by atoms with E-state index in [1.165, 1.54) is 29.7 Å². The van der Waals surface area contributed by atoms with E-state index in [0.29, 0.717) is 24.2 Å². The number of aromatic nitrogens is 2. The van der Waals surface area contributed by atoms with Gasteiger partial charge >= 0.3 is 18.2 Å². The molecule has 16 heteroatoms.